The van der Waals surface area contributed by atoms with Gasteiger partial charge >= 0.3 is 0 Å². The molecule has 2 N–H and O–H groups in total. The van der Waals surface area contributed by atoms with Gasteiger partial charge < -0.3 is 15.2 Å². The van der Waals surface area contributed by atoms with Gasteiger partial charge in [0.2, 0.25) is 11.8 Å². The molecule has 1 aliphatic rings. The third kappa shape index (κ3) is 5.11. The maximum atomic E-state index is 12.0. The number of H-pyrrole nitrogens is 1. The standard InChI is InChI=1S/C19H24N4O2S/c1-14-16(11-15-7-3-2-4-8-15)22-19(21-14)26-13-17(24)20-12-18(25)23-9-5-6-10-23/h2-4,7-8H,5-6,9-13H2,1H3,(H,20,24)(H,21,22). The highest BCUT2D eigenvalue weighted by atomic mass is 32.2. The van der Waals surface area contributed by atoms with E-state index in [9.17, 15) is 9.59 Å². The molecule has 2 heterocycles. The van der Waals surface area contributed by atoms with Crippen LogP contribution in [0.4, 0.5) is 0 Å². The maximum Gasteiger partial charge on any atom is 0.241 e. The van der Waals surface area contributed by atoms with Gasteiger partial charge in [-0.2, -0.15) is 0 Å². The smallest absolute Gasteiger partial charge is 0.241 e. The second-order valence-corrected chi connectivity index (χ2v) is 7.39. The molecule has 3 rings (SSSR count). The molecule has 0 aliphatic carbocycles. The predicted molar refractivity (Wildman–Crippen MR) is 102 cm³/mol. The van der Waals surface area contributed by atoms with Crippen molar-refractivity contribution in [1.82, 2.24) is 20.2 Å². The quantitative estimate of drug-likeness (QED) is 0.730. The van der Waals surface area contributed by atoms with Crippen LogP contribution in [0.1, 0.15) is 29.8 Å². The van der Waals surface area contributed by atoms with Crippen LogP contribution < -0.4 is 5.32 Å². The first-order valence-corrected chi connectivity index (χ1v) is 9.87. The summed E-state index contributed by atoms with van der Waals surface area (Å²) in [5.74, 6) is 0.0893. The number of nitrogens with one attached hydrogen (secondary N) is 2. The molecule has 1 fully saturated rings. The first kappa shape index (κ1) is 18.5. The molecule has 0 radical (unpaired) electrons. The van der Waals surface area contributed by atoms with E-state index in [1.807, 2.05) is 25.1 Å². The van der Waals surface area contributed by atoms with E-state index in [-0.39, 0.29) is 24.1 Å². The normalized spacial score (nSPS) is 13.8. The third-order valence-corrected chi connectivity index (χ3v) is 5.29. The molecule has 0 atom stereocenters. The van der Waals surface area contributed by atoms with Gasteiger partial charge in [-0.3, -0.25) is 9.59 Å². The van der Waals surface area contributed by atoms with Crippen LogP contribution >= 0.6 is 11.8 Å². The Kier molecular flexibility index (Phi) is 6.33. The minimum atomic E-state index is -0.152. The first-order valence-electron chi connectivity index (χ1n) is 8.88. The fraction of sp³-hybridized carbons (Fsp3) is 0.421. The Morgan fingerprint density at radius 2 is 1.96 bits per heavy atom. The number of carbonyl (C=O) groups is 2. The van der Waals surface area contributed by atoms with E-state index >= 15 is 0 Å². The monoisotopic (exact) mass is 372 g/mol. The van der Waals surface area contributed by atoms with Gasteiger partial charge in [0.25, 0.3) is 0 Å². The Morgan fingerprint density at radius 3 is 2.69 bits per heavy atom. The summed E-state index contributed by atoms with van der Waals surface area (Å²) >= 11 is 1.35. The molecular weight excluding hydrogens is 348 g/mol. The Labute approximate surface area is 157 Å². The van der Waals surface area contributed by atoms with Crippen molar-refractivity contribution < 1.29 is 9.59 Å². The van der Waals surface area contributed by atoms with Crippen molar-refractivity contribution >= 4 is 23.6 Å². The summed E-state index contributed by atoms with van der Waals surface area (Å²) in [6.45, 7) is 3.68. The van der Waals surface area contributed by atoms with E-state index in [4.69, 9.17) is 0 Å². The van der Waals surface area contributed by atoms with Crippen LogP contribution in [0.2, 0.25) is 0 Å². The van der Waals surface area contributed by atoms with Crippen molar-refractivity contribution in [2.75, 3.05) is 25.4 Å². The SMILES string of the molecule is Cc1[nH]c(SCC(=O)NCC(=O)N2CCCC2)nc1Cc1ccccc1. The summed E-state index contributed by atoms with van der Waals surface area (Å²) in [6, 6.07) is 10.2. The summed E-state index contributed by atoms with van der Waals surface area (Å²) in [5, 5.41) is 3.43. The number of aromatic nitrogens is 2. The van der Waals surface area contributed by atoms with Crippen LogP contribution in [0.25, 0.3) is 0 Å². The van der Waals surface area contributed by atoms with Crippen molar-refractivity contribution in [3.63, 3.8) is 0 Å². The van der Waals surface area contributed by atoms with Gasteiger partial charge in [0, 0.05) is 25.2 Å². The fourth-order valence-corrected chi connectivity index (χ4v) is 3.70. The number of rotatable bonds is 7. The van der Waals surface area contributed by atoms with E-state index in [1.54, 1.807) is 4.90 Å². The number of carbonyl (C=O) groups excluding carboxylic acids is 2. The first-order chi connectivity index (χ1) is 12.6. The van der Waals surface area contributed by atoms with Crippen LogP contribution in [0.5, 0.6) is 0 Å². The highest BCUT2D eigenvalue weighted by molar-refractivity contribution is 7.99. The van der Waals surface area contributed by atoms with Gasteiger partial charge in [-0.15, -0.1) is 0 Å². The van der Waals surface area contributed by atoms with E-state index in [0.717, 1.165) is 48.9 Å². The van der Waals surface area contributed by atoms with Crippen molar-refractivity contribution in [1.29, 1.82) is 0 Å². The molecule has 7 heteroatoms. The lowest BCUT2D eigenvalue weighted by atomic mass is 10.1. The number of hydrogen-bond acceptors (Lipinski definition) is 4. The number of benzene rings is 1. The molecule has 26 heavy (non-hydrogen) atoms. The summed E-state index contributed by atoms with van der Waals surface area (Å²) in [5.41, 5.74) is 3.21. The average Bonchev–Trinajstić information content (AvgIpc) is 3.29. The number of aryl methyl sites for hydroxylation is 1. The molecular formula is C19H24N4O2S. The van der Waals surface area contributed by atoms with E-state index in [1.165, 1.54) is 17.3 Å². The molecule has 1 saturated heterocycles. The van der Waals surface area contributed by atoms with E-state index in [0.29, 0.717) is 0 Å². The Morgan fingerprint density at radius 1 is 1.23 bits per heavy atom. The molecule has 2 aromatic rings. The molecule has 0 spiro atoms. The summed E-state index contributed by atoms with van der Waals surface area (Å²) in [6.07, 6.45) is 2.87. The van der Waals surface area contributed by atoms with Crippen LogP contribution in [0.15, 0.2) is 35.5 Å². The number of amides is 2. The fourth-order valence-electron chi connectivity index (χ4n) is 2.93. The number of aromatic amines is 1. The van der Waals surface area contributed by atoms with Crippen LogP contribution in [0.3, 0.4) is 0 Å². The molecule has 2 amide bonds. The number of hydrogen-bond donors (Lipinski definition) is 2. The number of thioether (sulfide) groups is 1. The second kappa shape index (κ2) is 8.89. The van der Waals surface area contributed by atoms with Crippen LogP contribution in [0, 0.1) is 6.92 Å². The molecule has 1 aromatic heterocycles. The average molecular weight is 372 g/mol. The molecule has 6 nitrogen and oxygen atoms in total. The summed E-state index contributed by atoms with van der Waals surface area (Å²) < 4.78 is 0. The van der Waals surface area contributed by atoms with Gasteiger partial charge in [-0.25, -0.2) is 4.98 Å². The minimum Gasteiger partial charge on any atom is -0.346 e. The number of imidazole rings is 1. The van der Waals surface area contributed by atoms with Crippen LogP contribution in [-0.2, 0) is 16.0 Å². The highest BCUT2D eigenvalue weighted by Crippen LogP contribution is 2.18. The molecule has 1 aromatic carbocycles. The zero-order valence-corrected chi connectivity index (χ0v) is 15.8. The second-order valence-electron chi connectivity index (χ2n) is 6.43. The van der Waals surface area contributed by atoms with Gasteiger partial charge in [0.15, 0.2) is 5.16 Å². The highest BCUT2D eigenvalue weighted by Gasteiger charge is 2.18. The molecule has 0 unspecified atom stereocenters. The lowest BCUT2D eigenvalue weighted by Gasteiger charge is -2.15. The largest absolute Gasteiger partial charge is 0.346 e. The Balaban J connectivity index is 1.44. The Hall–Kier alpha value is -2.28. The molecule has 1 aliphatic heterocycles. The van der Waals surface area contributed by atoms with E-state index in [2.05, 4.69) is 27.4 Å². The number of nitrogens with zero attached hydrogens (tertiary/aromatic N) is 2. The lowest BCUT2D eigenvalue weighted by molar-refractivity contribution is -0.131. The third-order valence-electron chi connectivity index (χ3n) is 4.41. The van der Waals surface area contributed by atoms with Gasteiger partial charge in [-0.1, -0.05) is 42.1 Å². The van der Waals surface area contributed by atoms with Crippen LogP contribution in [-0.4, -0.2) is 52.1 Å². The van der Waals surface area contributed by atoms with E-state index < -0.39 is 0 Å². The van der Waals surface area contributed by atoms with Crippen molar-refractivity contribution in [2.24, 2.45) is 0 Å². The van der Waals surface area contributed by atoms with Gasteiger partial charge in [0.05, 0.1) is 18.0 Å². The molecule has 138 valence electrons. The van der Waals surface area contributed by atoms with Gasteiger partial charge in [0.1, 0.15) is 0 Å². The van der Waals surface area contributed by atoms with Crippen molar-refractivity contribution in [2.45, 2.75) is 31.3 Å². The minimum absolute atomic E-state index is 0.000148. The maximum absolute atomic E-state index is 12.0. The topological polar surface area (TPSA) is 78.1 Å². The summed E-state index contributed by atoms with van der Waals surface area (Å²) in [4.78, 5) is 33.5. The number of likely N-dealkylation sites (tertiary alicyclic amines) is 1. The summed E-state index contributed by atoms with van der Waals surface area (Å²) in [7, 11) is 0. The molecule has 0 saturated carbocycles. The zero-order chi connectivity index (χ0) is 18.4. The van der Waals surface area contributed by atoms with Gasteiger partial charge in [-0.05, 0) is 25.3 Å². The lowest BCUT2D eigenvalue weighted by Crippen LogP contribution is -2.39. The molecule has 0 bridgehead atoms. The van der Waals surface area contributed by atoms with Crippen molar-refractivity contribution in [3.8, 4) is 0 Å². The zero-order valence-electron chi connectivity index (χ0n) is 15.0. The predicted octanol–water partition coefficient (Wildman–Crippen LogP) is 2.14. The Bertz CT molecular complexity index is 754. The van der Waals surface area contributed by atoms with Crippen molar-refractivity contribution in [3.05, 3.63) is 47.3 Å².